The van der Waals surface area contributed by atoms with E-state index in [1.807, 2.05) is 13.0 Å². The van der Waals surface area contributed by atoms with Gasteiger partial charge in [-0.3, -0.25) is 0 Å². The molecule has 2 atom stereocenters. The largest absolute Gasteiger partial charge is 0.490 e. The van der Waals surface area contributed by atoms with E-state index in [1.54, 1.807) is 0 Å². The van der Waals surface area contributed by atoms with Gasteiger partial charge in [-0.25, -0.2) is 0 Å². The highest BCUT2D eigenvalue weighted by Gasteiger charge is 2.31. The summed E-state index contributed by atoms with van der Waals surface area (Å²) in [4.78, 5) is 0. The maximum atomic E-state index is 14.2. The summed E-state index contributed by atoms with van der Waals surface area (Å²) < 4.78 is 45.1. The minimum Gasteiger partial charge on any atom is -0.490 e. The molecular formula is C25H36F2O3. The number of halogens is 2. The van der Waals surface area contributed by atoms with Gasteiger partial charge in [-0.1, -0.05) is 25.8 Å². The highest BCUT2D eigenvalue weighted by molar-refractivity contribution is 5.35. The normalized spacial score (nSPS) is 26.9. The lowest BCUT2D eigenvalue weighted by Crippen LogP contribution is -2.35. The van der Waals surface area contributed by atoms with Gasteiger partial charge in [0.15, 0.2) is 11.5 Å². The summed E-state index contributed by atoms with van der Waals surface area (Å²) in [5.41, 5.74) is 0. The van der Waals surface area contributed by atoms with Crippen molar-refractivity contribution in [3.8, 4) is 11.5 Å². The van der Waals surface area contributed by atoms with Gasteiger partial charge in [-0.2, -0.15) is 8.78 Å². The standard InChI is InChI=1S/C25H36F2O3/c1-3-5-6-18-7-9-19(10-8-18)20-11-12-21(29-16-20)17-30-23-14-13-22(28-15-4-2)24(26)25(23)27/h3,13-14,18-21H,1,4-12,15-17H2,2H3. The molecule has 3 rings (SSSR count). The van der Waals surface area contributed by atoms with Crippen molar-refractivity contribution < 1.29 is 23.0 Å². The van der Waals surface area contributed by atoms with Crippen LogP contribution in [0.1, 0.15) is 64.7 Å². The smallest absolute Gasteiger partial charge is 0.204 e. The van der Waals surface area contributed by atoms with Crippen LogP contribution in [0.3, 0.4) is 0 Å². The molecule has 1 saturated carbocycles. The van der Waals surface area contributed by atoms with E-state index in [0.717, 1.165) is 44.1 Å². The number of ether oxygens (including phenoxy) is 3. The molecule has 0 radical (unpaired) electrons. The molecule has 1 aromatic rings. The van der Waals surface area contributed by atoms with Crippen LogP contribution in [0, 0.1) is 29.4 Å². The zero-order chi connectivity index (χ0) is 21.3. The Kier molecular flexibility index (Phi) is 8.98. The predicted molar refractivity (Wildman–Crippen MR) is 115 cm³/mol. The number of benzene rings is 1. The molecule has 2 aliphatic rings. The molecule has 1 heterocycles. The molecule has 0 bridgehead atoms. The number of hydrogen-bond donors (Lipinski definition) is 0. The predicted octanol–water partition coefficient (Wildman–Crippen LogP) is 6.70. The summed E-state index contributed by atoms with van der Waals surface area (Å²) in [5.74, 6) is 0.0937. The highest BCUT2D eigenvalue weighted by Crippen LogP contribution is 2.39. The first-order chi connectivity index (χ1) is 14.6. The van der Waals surface area contributed by atoms with E-state index < -0.39 is 11.6 Å². The van der Waals surface area contributed by atoms with E-state index in [-0.39, 0.29) is 24.2 Å². The van der Waals surface area contributed by atoms with Crippen molar-refractivity contribution in [2.24, 2.45) is 17.8 Å². The van der Waals surface area contributed by atoms with E-state index in [2.05, 4.69) is 6.58 Å². The third kappa shape index (κ3) is 6.19. The maximum Gasteiger partial charge on any atom is 0.204 e. The second-order valence-corrected chi connectivity index (χ2v) is 8.79. The van der Waals surface area contributed by atoms with Gasteiger partial charge in [0.05, 0.1) is 19.3 Å². The van der Waals surface area contributed by atoms with Crippen molar-refractivity contribution in [3.63, 3.8) is 0 Å². The fourth-order valence-electron chi connectivity index (χ4n) is 4.76. The van der Waals surface area contributed by atoms with Crippen LogP contribution in [0.5, 0.6) is 11.5 Å². The molecule has 0 spiro atoms. The van der Waals surface area contributed by atoms with Crippen molar-refractivity contribution in [2.75, 3.05) is 19.8 Å². The van der Waals surface area contributed by atoms with Gasteiger partial charge in [0, 0.05) is 0 Å². The molecule has 0 aromatic heterocycles. The summed E-state index contributed by atoms with van der Waals surface area (Å²) in [6.45, 7) is 7.08. The second kappa shape index (κ2) is 11.7. The Labute approximate surface area is 179 Å². The maximum absolute atomic E-state index is 14.2. The number of rotatable bonds is 10. The van der Waals surface area contributed by atoms with Crippen molar-refractivity contribution in [1.82, 2.24) is 0 Å². The first-order valence-corrected chi connectivity index (χ1v) is 11.6. The summed E-state index contributed by atoms with van der Waals surface area (Å²) in [6, 6.07) is 2.85. The molecule has 168 valence electrons. The van der Waals surface area contributed by atoms with Crippen LogP contribution in [0.15, 0.2) is 24.8 Å². The van der Waals surface area contributed by atoms with Crippen LogP contribution in [0.4, 0.5) is 8.78 Å². The SMILES string of the molecule is C=CCCC1CCC(C2CCC(COc3ccc(OCCC)c(F)c3F)OC2)CC1. The van der Waals surface area contributed by atoms with Gasteiger partial charge >= 0.3 is 0 Å². The van der Waals surface area contributed by atoms with Crippen molar-refractivity contribution >= 4 is 0 Å². The van der Waals surface area contributed by atoms with Crippen molar-refractivity contribution in [3.05, 3.63) is 36.4 Å². The van der Waals surface area contributed by atoms with E-state index >= 15 is 0 Å². The average molecular weight is 423 g/mol. The van der Waals surface area contributed by atoms with Crippen LogP contribution in [-0.2, 0) is 4.74 Å². The lowest BCUT2D eigenvalue weighted by Gasteiger charge is -2.37. The molecule has 1 aromatic carbocycles. The number of allylic oxidation sites excluding steroid dienone is 1. The summed E-state index contributed by atoms with van der Waals surface area (Å²) in [6.07, 6.45) is 12.4. The summed E-state index contributed by atoms with van der Waals surface area (Å²) >= 11 is 0. The lowest BCUT2D eigenvalue weighted by molar-refractivity contribution is -0.0564. The summed E-state index contributed by atoms with van der Waals surface area (Å²) in [7, 11) is 0. The fraction of sp³-hybridized carbons (Fsp3) is 0.680. The van der Waals surface area contributed by atoms with Crippen LogP contribution >= 0.6 is 0 Å². The first kappa shape index (κ1) is 23.1. The van der Waals surface area contributed by atoms with Gasteiger partial charge in [0.1, 0.15) is 6.61 Å². The zero-order valence-electron chi connectivity index (χ0n) is 18.2. The van der Waals surface area contributed by atoms with E-state index in [1.165, 1.54) is 44.2 Å². The summed E-state index contributed by atoms with van der Waals surface area (Å²) in [5, 5.41) is 0. The van der Waals surface area contributed by atoms with Gasteiger partial charge in [0.2, 0.25) is 11.6 Å². The Morgan fingerprint density at radius 2 is 1.67 bits per heavy atom. The molecule has 5 heteroatoms. The molecule has 2 fully saturated rings. The zero-order valence-corrected chi connectivity index (χ0v) is 18.2. The molecular weight excluding hydrogens is 386 g/mol. The molecule has 30 heavy (non-hydrogen) atoms. The molecule has 1 saturated heterocycles. The average Bonchev–Trinajstić information content (AvgIpc) is 2.79. The van der Waals surface area contributed by atoms with Crippen LogP contribution in [-0.4, -0.2) is 25.9 Å². The van der Waals surface area contributed by atoms with Crippen LogP contribution in [0.2, 0.25) is 0 Å². The van der Waals surface area contributed by atoms with Gasteiger partial charge in [-0.15, -0.1) is 6.58 Å². The van der Waals surface area contributed by atoms with Gasteiger partial charge in [0.25, 0.3) is 0 Å². The molecule has 1 aliphatic heterocycles. The van der Waals surface area contributed by atoms with Gasteiger partial charge < -0.3 is 14.2 Å². The lowest BCUT2D eigenvalue weighted by atomic mass is 9.73. The molecule has 0 N–H and O–H groups in total. The van der Waals surface area contributed by atoms with Gasteiger partial charge in [-0.05, 0) is 74.8 Å². The third-order valence-electron chi connectivity index (χ3n) is 6.64. The van der Waals surface area contributed by atoms with Crippen LogP contribution < -0.4 is 9.47 Å². The van der Waals surface area contributed by atoms with E-state index in [0.29, 0.717) is 12.5 Å². The topological polar surface area (TPSA) is 27.7 Å². The van der Waals surface area contributed by atoms with Crippen LogP contribution in [0.25, 0.3) is 0 Å². The number of hydrogen-bond acceptors (Lipinski definition) is 3. The Bertz CT molecular complexity index is 663. The quantitative estimate of drug-likeness (QED) is 0.393. The van der Waals surface area contributed by atoms with Crippen molar-refractivity contribution in [2.45, 2.75) is 70.8 Å². The Balaban J connectivity index is 1.40. The minimum atomic E-state index is -0.995. The fourth-order valence-corrected chi connectivity index (χ4v) is 4.76. The molecule has 3 nitrogen and oxygen atoms in total. The third-order valence-corrected chi connectivity index (χ3v) is 6.64. The second-order valence-electron chi connectivity index (χ2n) is 8.79. The first-order valence-electron chi connectivity index (χ1n) is 11.6. The monoisotopic (exact) mass is 422 g/mol. The Hall–Kier alpha value is -1.62. The Morgan fingerprint density at radius 3 is 2.27 bits per heavy atom. The Morgan fingerprint density at radius 1 is 1.00 bits per heavy atom. The molecule has 2 unspecified atom stereocenters. The molecule has 0 amide bonds. The molecule has 1 aliphatic carbocycles. The highest BCUT2D eigenvalue weighted by atomic mass is 19.2. The minimum absolute atomic E-state index is 0.0661. The van der Waals surface area contributed by atoms with E-state index in [4.69, 9.17) is 14.2 Å². The van der Waals surface area contributed by atoms with Crippen molar-refractivity contribution in [1.29, 1.82) is 0 Å². The van der Waals surface area contributed by atoms with E-state index in [9.17, 15) is 8.78 Å².